The van der Waals surface area contributed by atoms with E-state index in [9.17, 15) is 4.79 Å². The predicted molar refractivity (Wildman–Crippen MR) is 46.7 cm³/mol. The highest BCUT2D eigenvalue weighted by atomic mass is 16.1. The van der Waals surface area contributed by atoms with E-state index in [0.29, 0.717) is 5.96 Å². The molecule has 0 unspecified atom stereocenters. The SMILES string of the molecule is CC(C)(NC1=NCCN1)C(N)=O. The fourth-order valence-electron chi connectivity index (χ4n) is 0.839. The molecule has 1 aliphatic heterocycles. The number of hydrogen-bond donors (Lipinski definition) is 3. The van der Waals surface area contributed by atoms with Gasteiger partial charge in [-0.3, -0.25) is 9.79 Å². The second-order valence-corrected chi connectivity index (χ2v) is 3.27. The average Bonchev–Trinajstić information content (AvgIpc) is 2.38. The van der Waals surface area contributed by atoms with Gasteiger partial charge in [0.05, 0.1) is 6.54 Å². The van der Waals surface area contributed by atoms with Crippen molar-refractivity contribution in [1.29, 1.82) is 0 Å². The maximum absolute atomic E-state index is 10.9. The lowest BCUT2D eigenvalue weighted by molar-refractivity contribution is -0.122. The van der Waals surface area contributed by atoms with Crippen molar-refractivity contribution < 1.29 is 4.79 Å². The van der Waals surface area contributed by atoms with Gasteiger partial charge in [0.15, 0.2) is 5.96 Å². The Kier molecular flexibility index (Phi) is 2.21. The van der Waals surface area contributed by atoms with Crippen molar-refractivity contribution in [2.75, 3.05) is 13.1 Å². The molecule has 0 atom stereocenters. The Morgan fingerprint density at radius 3 is 2.83 bits per heavy atom. The predicted octanol–water partition coefficient (Wildman–Crippen LogP) is -1.20. The molecule has 1 heterocycles. The van der Waals surface area contributed by atoms with Crippen molar-refractivity contribution in [3.8, 4) is 0 Å². The smallest absolute Gasteiger partial charge is 0.242 e. The van der Waals surface area contributed by atoms with E-state index < -0.39 is 5.54 Å². The Bertz CT molecular complexity index is 221. The molecule has 0 fully saturated rings. The summed E-state index contributed by atoms with van der Waals surface area (Å²) in [7, 11) is 0. The first-order chi connectivity index (χ1) is 5.52. The number of aliphatic imine (C=N–C) groups is 1. The van der Waals surface area contributed by atoms with Crippen LogP contribution in [0.5, 0.6) is 0 Å². The zero-order valence-corrected chi connectivity index (χ0v) is 7.35. The van der Waals surface area contributed by atoms with Gasteiger partial charge >= 0.3 is 0 Å². The van der Waals surface area contributed by atoms with Crippen molar-refractivity contribution >= 4 is 11.9 Å². The van der Waals surface area contributed by atoms with Crippen molar-refractivity contribution in [2.24, 2.45) is 10.7 Å². The number of primary amides is 1. The molecule has 1 aliphatic rings. The Balaban J connectivity index is 2.54. The monoisotopic (exact) mass is 170 g/mol. The van der Waals surface area contributed by atoms with E-state index in [2.05, 4.69) is 15.6 Å². The van der Waals surface area contributed by atoms with Crippen LogP contribution < -0.4 is 16.4 Å². The van der Waals surface area contributed by atoms with Gasteiger partial charge < -0.3 is 16.4 Å². The molecule has 0 aromatic carbocycles. The van der Waals surface area contributed by atoms with Crippen molar-refractivity contribution in [2.45, 2.75) is 19.4 Å². The lowest BCUT2D eigenvalue weighted by Crippen LogP contribution is -2.55. The summed E-state index contributed by atoms with van der Waals surface area (Å²) >= 11 is 0. The number of hydrogen-bond acceptors (Lipinski definition) is 4. The second kappa shape index (κ2) is 3.00. The summed E-state index contributed by atoms with van der Waals surface area (Å²) in [6.45, 7) is 5.00. The molecule has 5 heteroatoms. The number of carbonyl (C=O) groups is 1. The summed E-state index contributed by atoms with van der Waals surface area (Å²) in [5.41, 5.74) is 4.42. The van der Waals surface area contributed by atoms with Crippen LogP contribution in [0.2, 0.25) is 0 Å². The highest BCUT2D eigenvalue weighted by Crippen LogP contribution is 2.00. The maximum Gasteiger partial charge on any atom is 0.242 e. The first kappa shape index (κ1) is 8.83. The fraction of sp³-hybridized carbons (Fsp3) is 0.714. The first-order valence-electron chi connectivity index (χ1n) is 3.89. The number of nitrogens with zero attached hydrogens (tertiary/aromatic N) is 1. The van der Waals surface area contributed by atoms with E-state index in [1.165, 1.54) is 0 Å². The quantitative estimate of drug-likeness (QED) is 0.487. The third-order valence-corrected chi connectivity index (χ3v) is 1.72. The molecule has 0 aromatic heterocycles. The third kappa shape index (κ3) is 1.87. The first-order valence-corrected chi connectivity index (χ1v) is 3.89. The number of guanidine groups is 1. The topological polar surface area (TPSA) is 79.5 Å². The zero-order chi connectivity index (χ0) is 9.19. The minimum absolute atomic E-state index is 0.390. The Hall–Kier alpha value is -1.26. The molecule has 0 saturated carbocycles. The Morgan fingerprint density at radius 1 is 1.75 bits per heavy atom. The molecule has 0 aromatic rings. The summed E-state index contributed by atoms with van der Waals surface area (Å²) in [6, 6.07) is 0. The summed E-state index contributed by atoms with van der Waals surface area (Å²) in [5, 5.41) is 5.92. The van der Waals surface area contributed by atoms with Gasteiger partial charge in [0.1, 0.15) is 5.54 Å². The van der Waals surface area contributed by atoms with E-state index in [4.69, 9.17) is 5.73 Å². The van der Waals surface area contributed by atoms with Crippen molar-refractivity contribution in [3.63, 3.8) is 0 Å². The van der Waals surface area contributed by atoms with Crippen LogP contribution in [0.3, 0.4) is 0 Å². The Morgan fingerprint density at radius 2 is 2.42 bits per heavy atom. The van der Waals surface area contributed by atoms with Crippen molar-refractivity contribution in [3.05, 3.63) is 0 Å². The lowest BCUT2D eigenvalue weighted by Gasteiger charge is -2.23. The minimum Gasteiger partial charge on any atom is -0.368 e. The molecule has 0 aliphatic carbocycles. The van der Waals surface area contributed by atoms with E-state index in [0.717, 1.165) is 13.1 Å². The molecule has 68 valence electrons. The molecule has 1 rings (SSSR count). The van der Waals surface area contributed by atoms with Gasteiger partial charge in [-0.15, -0.1) is 0 Å². The summed E-state index contributed by atoms with van der Waals surface area (Å²) < 4.78 is 0. The standard InChI is InChI=1S/C7H14N4O/c1-7(2,5(8)12)11-6-9-3-4-10-6/h3-4H2,1-2H3,(H2,8,12)(H2,9,10,11). The van der Waals surface area contributed by atoms with Crippen LogP contribution in [0, 0.1) is 0 Å². The minimum atomic E-state index is -0.740. The number of carbonyl (C=O) groups excluding carboxylic acids is 1. The molecular formula is C7H14N4O. The lowest BCUT2D eigenvalue weighted by atomic mass is 10.1. The normalized spacial score (nSPS) is 16.7. The van der Waals surface area contributed by atoms with Gasteiger partial charge in [0.25, 0.3) is 0 Å². The van der Waals surface area contributed by atoms with Gasteiger partial charge in [0.2, 0.25) is 5.91 Å². The van der Waals surface area contributed by atoms with Gasteiger partial charge in [0, 0.05) is 6.54 Å². The third-order valence-electron chi connectivity index (χ3n) is 1.72. The molecular weight excluding hydrogens is 156 g/mol. The van der Waals surface area contributed by atoms with E-state index in [1.807, 2.05) is 0 Å². The highest BCUT2D eigenvalue weighted by Gasteiger charge is 2.26. The van der Waals surface area contributed by atoms with E-state index in [1.54, 1.807) is 13.8 Å². The van der Waals surface area contributed by atoms with Crippen LogP contribution in [0.25, 0.3) is 0 Å². The second-order valence-electron chi connectivity index (χ2n) is 3.27. The van der Waals surface area contributed by atoms with E-state index >= 15 is 0 Å². The van der Waals surface area contributed by atoms with Gasteiger partial charge in [-0.2, -0.15) is 0 Å². The summed E-state index contributed by atoms with van der Waals surface area (Å²) in [6.07, 6.45) is 0. The van der Waals surface area contributed by atoms with Crippen LogP contribution in [-0.2, 0) is 4.79 Å². The highest BCUT2D eigenvalue weighted by molar-refractivity contribution is 5.91. The van der Waals surface area contributed by atoms with Crippen LogP contribution in [-0.4, -0.2) is 30.5 Å². The number of nitrogens with one attached hydrogen (secondary N) is 2. The van der Waals surface area contributed by atoms with Crippen LogP contribution in [0.15, 0.2) is 4.99 Å². The molecule has 0 spiro atoms. The summed E-state index contributed by atoms with van der Waals surface area (Å²) in [4.78, 5) is 15.0. The van der Waals surface area contributed by atoms with Crippen LogP contribution >= 0.6 is 0 Å². The van der Waals surface area contributed by atoms with Crippen LogP contribution in [0.4, 0.5) is 0 Å². The van der Waals surface area contributed by atoms with Gasteiger partial charge in [-0.05, 0) is 13.8 Å². The molecule has 5 nitrogen and oxygen atoms in total. The van der Waals surface area contributed by atoms with Crippen LogP contribution in [0.1, 0.15) is 13.8 Å². The Labute approximate surface area is 71.4 Å². The van der Waals surface area contributed by atoms with Gasteiger partial charge in [-0.25, -0.2) is 0 Å². The molecule has 0 radical (unpaired) electrons. The van der Waals surface area contributed by atoms with E-state index in [-0.39, 0.29) is 5.91 Å². The zero-order valence-electron chi connectivity index (χ0n) is 7.35. The number of nitrogens with two attached hydrogens (primary N) is 1. The summed E-state index contributed by atoms with van der Waals surface area (Å²) in [5.74, 6) is 0.262. The average molecular weight is 170 g/mol. The molecule has 1 amide bonds. The molecule has 0 bridgehead atoms. The van der Waals surface area contributed by atoms with Gasteiger partial charge in [-0.1, -0.05) is 0 Å². The number of rotatable bonds is 2. The fourth-order valence-corrected chi connectivity index (χ4v) is 0.839. The molecule has 4 N–H and O–H groups in total. The largest absolute Gasteiger partial charge is 0.368 e. The van der Waals surface area contributed by atoms with Crippen molar-refractivity contribution in [1.82, 2.24) is 10.6 Å². The molecule has 0 saturated heterocycles. The maximum atomic E-state index is 10.9. The number of amides is 1. The molecule has 12 heavy (non-hydrogen) atoms.